The molecule has 1 fully saturated rings. The van der Waals surface area contributed by atoms with E-state index < -0.39 is 40.8 Å². The van der Waals surface area contributed by atoms with E-state index in [2.05, 4.69) is 31.0 Å². The van der Waals surface area contributed by atoms with Crippen LogP contribution in [0.15, 0.2) is 12.3 Å². The number of hydrogen-bond donors (Lipinski definition) is 3. The Labute approximate surface area is 224 Å². The van der Waals surface area contributed by atoms with Gasteiger partial charge in [-0.3, -0.25) is 9.89 Å². The molecular formula is C24H36F3N7O3S. The van der Waals surface area contributed by atoms with E-state index in [0.717, 1.165) is 25.7 Å². The first-order valence-electron chi connectivity index (χ1n) is 12.9. The molecule has 0 radical (unpaired) electrons. The van der Waals surface area contributed by atoms with Gasteiger partial charge in [-0.15, -0.1) is 10.2 Å². The number of nitrogens with one attached hydrogen (secondary N) is 3. The molecule has 212 valence electrons. The zero-order valence-electron chi connectivity index (χ0n) is 22.1. The summed E-state index contributed by atoms with van der Waals surface area (Å²) in [5, 5.41) is 18.4. The fourth-order valence-corrected chi connectivity index (χ4v) is 5.23. The molecule has 2 aromatic heterocycles. The Hall–Kier alpha value is -2.90. The molecule has 3 rings (SSSR count). The first-order chi connectivity index (χ1) is 17.9. The highest BCUT2D eigenvalue weighted by Gasteiger charge is 2.45. The van der Waals surface area contributed by atoms with Crippen molar-refractivity contribution < 1.29 is 27.5 Å². The molecule has 3 atom stereocenters. The second-order valence-electron chi connectivity index (χ2n) is 10.3. The third-order valence-corrected chi connectivity index (χ3v) is 7.68. The molecule has 0 aliphatic carbocycles. The summed E-state index contributed by atoms with van der Waals surface area (Å²) in [5.74, 6) is -0.215. The molecule has 2 amide bonds. The minimum atomic E-state index is -4.56. The smallest absolute Gasteiger partial charge is 0.444 e. The van der Waals surface area contributed by atoms with Gasteiger partial charge in [0.2, 0.25) is 16.0 Å². The third kappa shape index (κ3) is 7.81. The van der Waals surface area contributed by atoms with Crippen LogP contribution in [0, 0.1) is 11.3 Å². The van der Waals surface area contributed by atoms with Gasteiger partial charge in [0.05, 0.1) is 18.7 Å². The molecule has 10 nitrogen and oxygen atoms in total. The summed E-state index contributed by atoms with van der Waals surface area (Å²) in [5.41, 5.74) is -0.542. The van der Waals surface area contributed by atoms with Crippen molar-refractivity contribution >= 4 is 34.3 Å². The number of anilines is 2. The van der Waals surface area contributed by atoms with Gasteiger partial charge < -0.3 is 20.3 Å². The lowest BCUT2D eigenvalue weighted by Gasteiger charge is -2.29. The highest BCUT2D eigenvalue weighted by molar-refractivity contribution is 7.15. The number of carbonyl (C=O) groups excluding carboxylic acids is 2. The average molecular weight is 560 g/mol. The van der Waals surface area contributed by atoms with Gasteiger partial charge in [-0.05, 0) is 12.8 Å². The Morgan fingerprint density at radius 1 is 1.24 bits per heavy atom. The van der Waals surface area contributed by atoms with Crippen molar-refractivity contribution in [2.45, 2.75) is 84.5 Å². The lowest BCUT2D eigenvalue weighted by molar-refractivity contribution is -0.138. The van der Waals surface area contributed by atoms with Crippen molar-refractivity contribution in [3.63, 3.8) is 0 Å². The molecule has 3 N–H and O–H groups in total. The Morgan fingerprint density at radius 2 is 1.95 bits per heavy atom. The summed E-state index contributed by atoms with van der Waals surface area (Å²) in [6, 6.07) is 1.20. The van der Waals surface area contributed by atoms with E-state index >= 15 is 0 Å². The minimum absolute atomic E-state index is 0.132. The van der Waals surface area contributed by atoms with Crippen molar-refractivity contribution in [1.29, 1.82) is 0 Å². The van der Waals surface area contributed by atoms with Gasteiger partial charge in [0.1, 0.15) is 11.9 Å². The number of nitrogens with zero attached hydrogens (tertiary/aromatic N) is 4. The summed E-state index contributed by atoms with van der Waals surface area (Å²) in [6.07, 6.45) is 0.323. The molecule has 0 bridgehead atoms. The van der Waals surface area contributed by atoms with Gasteiger partial charge in [0, 0.05) is 24.1 Å². The lowest BCUT2D eigenvalue weighted by Crippen LogP contribution is -2.47. The molecule has 14 heteroatoms. The van der Waals surface area contributed by atoms with Gasteiger partial charge in [-0.25, -0.2) is 4.79 Å². The number of rotatable bonds is 12. The maximum atomic E-state index is 13.2. The number of alkyl carbamates (subject to hydrolysis) is 1. The second-order valence-corrected chi connectivity index (χ2v) is 11.2. The predicted octanol–water partition coefficient (Wildman–Crippen LogP) is 5.22. The van der Waals surface area contributed by atoms with Crippen LogP contribution in [0.2, 0.25) is 0 Å². The van der Waals surface area contributed by atoms with Gasteiger partial charge in [-0.2, -0.15) is 18.3 Å². The van der Waals surface area contributed by atoms with Crippen molar-refractivity contribution in [2.75, 3.05) is 23.3 Å². The number of halogens is 3. The van der Waals surface area contributed by atoms with Crippen LogP contribution in [-0.2, 0) is 15.7 Å². The monoisotopic (exact) mass is 559 g/mol. The van der Waals surface area contributed by atoms with Crippen molar-refractivity contribution in [2.24, 2.45) is 11.3 Å². The van der Waals surface area contributed by atoms with Crippen LogP contribution < -0.4 is 15.5 Å². The van der Waals surface area contributed by atoms with E-state index in [9.17, 15) is 22.8 Å². The quantitative estimate of drug-likeness (QED) is 0.325. The van der Waals surface area contributed by atoms with Gasteiger partial charge in [-0.1, -0.05) is 64.7 Å². The number of carbonyl (C=O) groups is 2. The number of ether oxygens (including phenoxy) is 1. The SMILES string of the molecule is CCCCC(C(=O)Nc1ccn[nH]1)[C@H](CCCC)NC(=O)O[C@@H]1CN(c2nnc(C(F)(F)F)s2)CC1(C)C. The normalized spacial score (nSPS) is 18.7. The van der Waals surface area contributed by atoms with Crippen molar-refractivity contribution in [3.8, 4) is 0 Å². The molecule has 0 saturated carbocycles. The van der Waals surface area contributed by atoms with Crippen LogP contribution >= 0.6 is 11.3 Å². The second kappa shape index (κ2) is 12.8. The van der Waals surface area contributed by atoms with E-state index in [-0.39, 0.29) is 17.6 Å². The molecule has 3 heterocycles. The standard InChI is InChI=1S/C24H36F3N7O3S/c1-5-7-9-15(19(35)30-18-11-12-28-31-18)16(10-8-6-2)29-22(36)37-17-13-34(14-23(17,3)4)21-33-32-20(38-21)24(25,26)27/h11-12,15-17H,5-10,13-14H2,1-4H3,(H,29,36)(H2,28,30,31,35)/t15?,16-,17+/m0/s1. The fourth-order valence-electron chi connectivity index (χ4n) is 4.51. The first-order valence-corrected chi connectivity index (χ1v) is 13.7. The number of amides is 2. The number of hydrogen-bond acceptors (Lipinski definition) is 8. The van der Waals surface area contributed by atoms with Crippen LogP contribution in [0.5, 0.6) is 0 Å². The van der Waals surface area contributed by atoms with Gasteiger partial charge >= 0.3 is 12.3 Å². The molecule has 2 aromatic rings. The van der Waals surface area contributed by atoms with Crippen LogP contribution in [0.25, 0.3) is 0 Å². The van der Waals surface area contributed by atoms with Crippen LogP contribution in [-0.4, -0.2) is 57.6 Å². The molecular weight excluding hydrogens is 523 g/mol. The number of aromatic nitrogens is 4. The Bertz CT molecular complexity index is 1050. The van der Waals surface area contributed by atoms with Crippen molar-refractivity contribution in [1.82, 2.24) is 25.7 Å². The van der Waals surface area contributed by atoms with E-state index in [1.165, 1.54) is 0 Å². The number of aromatic amines is 1. The Morgan fingerprint density at radius 3 is 2.55 bits per heavy atom. The first kappa shape index (κ1) is 29.7. The summed E-state index contributed by atoms with van der Waals surface area (Å²) in [7, 11) is 0. The van der Waals surface area contributed by atoms with Crippen LogP contribution in [0.3, 0.4) is 0 Å². The Balaban J connectivity index is 1.69. The highest BCUT2D eigenvalue weighted by atomic mass is 32.1. The average Bonchev–Trinajstić information content (AvgIpc) is 3.58. The predicted molar refractivity (Wildman–Crippen MR) is 138 cm³/mol. The topological polar surface area (TPSA) is 125 Å². The molecule has 38 heavy (non-hydrogen) atoms. The van der Waals surface area contributed by atoms with E-state index in [4.69, 9.17) is 4.74 Å². The van der Waals surface area contributed by atoms with Crippen LogP contribution in [0.4, 0.5) is 28.9 Å². The third-order valence-electron chi connectivity index (χ3n) is 6.65. The maximum absolute atomic E-state index is 13.2. The number of H-pyrrole nitrogens is 1. The summed E-state index contributed by atoms with van der Waals surface area (Å²) in [6.45, 7) is 8.37. The summed E-state index contributed by atoms with van der Waals surface area (Å²) >= 11 is 0.466. The van der Waals surface area contributed by atoms with Gasteiger partial charge in [0.15, 0.2) is 0 Å². The largest absolute Gasteiger partial charge is 0.445 e. The van der Waals surface area contributed by atoms with Crippen molar-refractivity contribution in [3.05, 3.63) is 17.3 Å². The molecule has 1 aliphatic rings. The molecule has 1 unspecified atom stereocenters. The Kier molecular flexibility index (Phi) is 9.96. The molecule has 0 spiro atoms. The highest BCUT2D eigenvalue weighted by Crippen LogP contribution is 2.39. The number of alkyl halides is 3. The molecule has 0 aromatic carbocycles. The maximum Gasteiger partial charge on any atom is 0.445 e. The minimum Gasteiger partial charge on any atom is -0.444 e. The molecule has 1 saturated heterocycles. The summed E-state index contributed by atoms with van der Waals surface area (Å²) < 4.78 is 44.7. The molecule has 1 aliphatic heterocycles. The lowest BCUT2D eigenvalue weighted by atomic mass is 9.89. The van der Waals surface area contributed by atoms with E-state index in [1.807, 2.05) is 27.7 Å². The van der Waals surface area contributed by atoms with Gasteiger partial charge in [0.25, 0.3) is 0 Å². The fraction of sp³-hybridized carbons (Fsp3) is 0.708. The van der Waals surface area contributed by atoms with Crippen LogP contribution in [0.1, 0.15) is 71.2 Å². The van der Waals surface area contributed by atoms with E-state index in [0.29, 0.717) is 36.5 Å². The zero-order valence-corrected chi connectivity index (χ0v) is 22.9. The number of unbranched alkanes of at least 4 members (excludes halogenated alkanes) is 2. The summed E-state index contributed by atoms with van der Waals surface area (Å²) in [4.78, 5) is 27.9. The zero-order chi connectivity index (χ0) is 27.9. The van der Waals surface area contributed by atoms with E-state index in [1.54, 1.807) is 17.2 Å².